The highest BCUT2D eigenvalue weighted by Crippen LogP contribution is 2.32. The molecule has 8 nitrogen and oxygen atoms in total. The average Bonchev–Trinajstić information content (AvgIpc) is 3.30. The molecule has 0 aliphatic carbocycles. The van der Waals surface area contributed by atoms with Crippen LogP contribution >= 0.6 is 11.8 Å². The molecule has 0 unspecified atom stereocenters. The van der Waals surface area contributed by atoms with E-state index in [0.717, 1.165) is 23.0 Å². The van der Waals surface area contributed by atoms with Crippen LogP contribution in [0.3, 0.4) is 0 Å². The zero-order valence-corrected chi connectivity index (χ0v) is 15.2. The van der Waals surface area contributed by atoms with Crippen molar-refractivity contribution in [1.29, 1.82) is 0 Å². The SMILES string of the molecule is CCN(C(=O)Sc1nnnn1-c1ccccc1)c1cccc2c1COC2=O. The molecule has 1 aliphatic heterocycles. The molecule has 1 aliphatic rings. The van der Waals surface area contributed by atoms with Crippen molar-refractivity contribution in [2.24, 2.45) is 0 Å². The van der Waals surface area contributed by atoms with Crippen LogP contribution < -0.4 is 4.90 Å². The molecule has 0 saturated carbocycles. The lowest BCUT2D eigenvalue weighted by Crippen LogP contribution is -2.28. The smallest absolute Gasteiger partial charge is 0.338 e. The van der Waals surface area contributed by atoms with E-state index >= 15 is 0 Å². The number of carbonyl (C=O) groups excluding carboxylic acids is 2. The second kappa shape index (κ2) is 7.20. The third-order valence-corrected chi connectivity index (χ3v) is 5.00. The van der Waals surface area contributed by atoms with E-state index < -0.39 is 0 Å². The number of benzene rings is 2. The van der Waals surface area contributed by atoms with Gasteiger partial charge < -0.3 is 9.64 Å². The number of esters is 1. The average molecular weight is 381 g/mol. The van der Waals surface area contributed by atoms with E-state index in [4.69, 9.17) is 4.74 Å². The lowest BCUT2D eigenvalue weighted by atomic mass is 10.1. The maximum atomic E-state index is 13.0. The number of amides is 1. The number of rotatable bonds is 4. The van der Waals surface area contributed by atoms with Crippen molar-refractivity contribution < 1.29 is 14.3 Å². The first kappa shape index (κ1) is 17.2. The fourth-order valence-corrected chi connectivity index (χ4v) is 3.69. The van der Waals surface area contributed by atoms with Crippen LogP contribution in [0.4, 0.5) is 10.5 Å². The van der Waals surface area contributed by atoms with Gasteiger partial charge in [-0.2, -0.15) is 4.68 Å². The number of hydrogen-bond donors (Lipinski definition) is 0. The Labute approximate surface area is 159 Å². The molecule has 1 amide bonds. The topological polar surface area (TPSA) is 90.2 Å². The summed E-state index contributed by atoms with van der Waals surface area (Å²) in [5, 5.41) is 11.7. The molecule has 2 aromatic carbocycles. The fraction of sp³-hybridized carbons (Fsp3) is 0.167. The predicted molar refractivity (Wildman–Crippen MR) is 99.0 cm³/mol. The van der Waals surface area contributed by atoms with E-state index in [2.05, 4.69) is 15.5 Å². The van der Waals surface area contributed by atoms with E-state index in [0.29, 0.717) is 23.0 Å². The van der Waals surface area contributed by atoms with Crippen LogP contribution in [0.5, 0.6) is 0 Å². The maximum absolute atomic E-state index is 13.0. The third-order valence-electron chi connectivity index (χ3n) is 4.17. The van der Waals surface area contributed by atoms with E-state index in [1.54, 1.807) is 17.0 Å². The van der Waals surface area contributed by atoms with Crippen LogP contribution in [-0.2, 0) is 11.3 Å². The molecule has 0 bridgehead atoms. The van der Waals surface area contributed by atoms with Gasteiger partial charge in [-0.05, 0) is 41.6 Å². The number of para-hydroxylation sites is 1. The van der Waals surface area contributed by atoms with Crippen LogP contribution in [-0.4, -0.2) is 38.0 Å². The van der Waals surface area contributed by atoms with Crippen LogP contribution in [0.1, 0.15) is 22.8 Å². The van der Waals surface area contributed by atoms with Gasteiger partial charge in [-0.25, -0.2) is 4.79 Å². The van der Waals surface area contributed by atoms with Gasteiger partial charge in [-0.1, -0.05) is 24.3 Å². The molecule has 136 valence electrons. The summed E-state index contributed by atoms with van der Waals surface area (Å²) in [5.41, 5.74) is 2.65. The predicted octanol–water partition coefficient (Wildman–Crippen LogP) is 3.07. The van der Waals surface area contributed by atoms with Gasteiger partial charge in [0.15, 0.2) is 0 Å². The van der Waals surface area contributed by atoms with E-state index in [1.807, 2.05) is 43.3 Å². The van der Waals surface area contributed by atoms with Crippen LogP contribution in [0.2, 0.25) is 0 Å². The highest BCUT2D eigenvalue weighted by atomic mass is 32.2. The molecule has 9 heteroatoms. The quantitative estimate of drug-likeness (QED) is 0.507. The molecule has 3 aromatic rings. The minimum absolute atomic E-state index is 0.167. The molecule has 0 spiro atoms. The van der Waals surface area contributed by atoms with Crippen molar-refractivity contribution in [2.45, 2.75) is 18.7 Å². The zero-order valence-electron chi connectivity index (χ0n) is 14.4. The number of aromatic nitrogens is 4. The Hall–Kier alpha value is -3.20. The number of hydrogen-bond acceptors (Lipinski definition) is 7. The lowest BCUT2D eigenvalue weighted by molar-refractivity contribution is 0.0535. The van der Waals surface area contributed by atoms with Gasteiger partial charge in [0.2, 0.25) is 5.16 Å². The summed E-state index contributed by atoms with van der Waals surface area (Å²) in [6.07, 6.45) is 0. The summed E-state index contributed by atoms with van der Waals surface area (Å²) in [6, 6.07) is 14.6. The monoisotopic (exact) mass is 381 g/mol. The fourth-order valence-electron chi connectivity index (χ4n) is 2.89. The number of thioether (sulfide) groups is 1. The first-order chi connectivity index (χ1) is 13.2. The first-order valence-corrected chi connectivity index (χ1v) is 9.13. The summed E-state index contributed by atoms with van der Waals surface area (Å²) in [7, 11) is 0. The van der Waals surface area contributed by atoms with E-state index in [1.165, 1.54) is 4.68 Å². The summed E-state index contributed by atoms with van der Waals surface area (Å²) in [4.78, 5) is 26.3. The Morgan fingerprint density at radius 3 is 2.81 bits per heavy atom. The number of fused-ring (bicyclic) bond motifs is 1. The minimum Gasteiger partial charge on any atom is -0.457 e. The van der Waals surface area contributed by atoms with Gasteiger partial charge in [-0.15, -0.1) is 5.10 Å². The second-order valence-electron chi connectivity index (χ2n) is 5.70. The third kappa shape index (κ3) is 3.17. The Kier molecular flexibility index (Phi) is 4.59. The molecular weight excluding hydrogens is 366 g/mol. The van der Waals surface area contributed by atoms with Gasteiger partial charge in [0.05, 0.1) is 16.9 Å². The summed E-state index contributed by atoms with van der Waals surface area (Å²) in [5.74, 6) is -0.365. The van der Waals surface area contributed by atoms with Gasteiger partial charge in [0, 0.05) is 23.9 Å². The maximum Gasteiger partial charge on any atom is 0.338 e. The Balaban J connectivity index is 1.62. The first-order valence-electron chi connectivity index (χ1n) is 8.31. The number of tetrazole rings is 1. The van der Waals surface area contributed by atoms with Crippen molar-refractivity contribution in [3.8, 4) is 5.69 Å². The lowest BCUT2D eigenvalue weighted by Gasteiger charge is -2.22. The van der Waals surface area contributed by atoms with Gasteiger partial charge >= 0.3 is 5.97 Å². The molecule has 0 saturated heterocycles. The highest BCUT2D eigenvalue weighted by molar-refractivity contribution is 8.13. The number of anilines is 1. The number of carbonyl (C=O) groups is 2. The van der Waals surface area contributed by atoms with Crippen molar-refractivity contribution in [3.05, 3.63) is 59.7 Å². The molecule has 4 rings (SSSR count). The summed E-state index contributed by atoms with van der Waals surface area (Å²) >= 11 is 0.934. The van der Waals surface area contributed by atoms with Crippen molar-refractivity contribution in [1.82, 2.24) is 20.2 Å². The van der Waals surface area contributed by atoms with Crippen molar-refractivity contribution >= 4 is 28.7 Å². The molecule has 0 atom stereocenters. The van der Waals surface area contributed by atoms with Crippen molar-refractivity contribution in [3.63, 3.8) is 0 Å². The molecular formula is C18H15N5O3S. The second-order valence-corrected chi connectivity index (χ2v) is 6.62. The van der Waals surface area contributed by atoms with E-state index in [9.17, 15) is 9.59 Å². The standard InChI is InChI=1S/C18H15N5O3S/c1-2-22(15-10-6-9-13-14(15)11-26-16(13)24)18(25)27-17-19-20-21-23(17)12-7-4-3-5-8-12/h3-10H,2,11H2,1H3. The number of cyclic esters (lactones) is 1. The normalized spacial score (nSPS) is 12.6. The molecule has 0 N–H and O–H groups in total. The van der Waals surface area contributed by atoms with Crippen LogP contribution in [0, 0.1) is 0 Å². The van der Waals surface area contributed by atoms with Crippen molar-refractivity contribution in [2.75, 3.05) is 11.4 Å². The molecule has 0 radical (unpaired) electrons. The molecule has 1 aromatic heterocycles. The van der Waals surface area contributed by atoms with Gasteiger partial charge in [0.25, 0.3) is 5.24 Å². The summed E-state index contributed by atoms with van der Waals surface area (Å²) in [6.45, 7) is 2.47. The minimum atomic E-state index is -0.365. The largest absolute Gasteiger partial charge is 0.457 e. The Morgan fingerprint density at radius 1 is 1.22 bits per heavy atom. The molecule has 2 heterocycles. The van der Waals surface area contributed by atoms with Crippen LogP contribution in [0.25, 0.3) is 5.69 Å². The number of nitrogens with zero attached hydrogens (tertiary/aromatic N) is 5. The Bertz CT molecular complexity index is 1010. The zero-order chi connectivity index (χ0) is 18.8. The molecule has 27 heavy (non-hydrogen) atoms. The van der Waals surface area contributed by atoms with Crippen LogP contribution in [0.15, 0.2) is 53.7 Å². The number of ether oxygens (including phenoxy) is 1. The molecule has 0 fully saturated rings. The highest BCUT2D eigenvalue weighted by Gasteiger charge is 2.28. The summed E-state index contributed by atoms with van der Waals surface area (Å²) < 4.78 is 6.61. The van der Waals surface area contributed by atoms with Gasteiger partial charge in [-0.3, -0.25) is 4.79 Å². The van der Waals surface area contributed by atoms with E-state index in [-0.39, 0.29) is 17.8 Å². The Morgan fingerprint density at radius 2 is 2.04 bits per heavy atom. The van der Waals surface area contributed by atoms with Gasteiger partial charge in [0.1, 0.15) is 6.61 Å².